The minimum Gasteiger partial charge on any atom is -0.480 e. The van der Waals surface area contributed by atoms with E-state index in [1.165, 1.54) is 16.2 Å². The van der Waals surface area contributed by atoms with E-state index in [9.17, 15) is 9.59 Å². The monoisotopic (exact) mass is 348 g/mol. The van der Waals surface area contributed by atoms with Crippen LogP contribution in [0.3, 0.4) is 0 Å². The Morgan fingerprint density at radius 3 is 2.68 bits per heavy atom. The van der Waals surface area contributed by atoms with Gasteiger partial charge in [-0.1, -0.05) is 6.92 Å². The van der Waals surface area contributed by atoms with Crippen molar-refractivity contribution in [1.29, 1.82) is 0 Å². The van der Waals surface area contributed by atoms with Crippen molar-refractivity contribution in [3.05, 3.63) is 20.8 Å². The van der Waals surface area contributed by atoms with Crippen molar-refractivity contribution in [2.24, 2.45) is 0 Å². The molecule has 1 aromatic heterocycles. The van der Waals surface area contributed by atoms with E-state index in [0.29, 0.717) is 13.0 Å². The van der Waals surface area contributed by atoms with Gasteiger partial charge in [0.05, 0.1) is 10.3 Å². The number of halogens is 1. The molecular weight excluding hydrogens is 332 g/mol. The van der Waals surface area contributed by atoms with E-state index in [1.54, 1.807) is 0 Å². The molecule has 2 amide bonds. The van der Waals surface area contributed by atoms with E-state index in [4.69, 9.17) is 5.11 Å². The zero-order valence-corrected chi connectivity index (χ0v) is 13.3. The highest BCUT2D eigenvalue weighted by Gasteiger charge is 2.21. The topological polar surface area (TPSA) is 69.6 Å². The number of nitrogens with one attached hydrogen (secondary N) is 1. The molecule has 0 aliphatic carbocycles. The molecule has 1 unspecified atom stereocenters. The van der Waals surface area contributed by atoms with Gasteiger partial charge in [-0.05, 0) is 41.4 Å². The normalized spacial score (nSPS) is 11.9. The molecule has 0 spiro atoms. The summed E-state index contributed by atoms with van der Waals surface area (Å²) >= 11 is 4.89. The number of rotatable bonds is 6. The highest BCUT2D eigenvalue weighted by atomic mass is 79.9. The fraction of sp³-hybridized carbons (Fsp3) is 0.500. The molecule has 0 aliphatic rings. The quantitative estimate of drug-likeness (QED) is 0.830. The summed E-state index contributed by atoms with van der Waals surface area (Å²) in [5.41, 5.74) is 0. The Bertz CT molecular complexity index is 450. The second-order valence-electron chi connectivity index (χ2n) is 4.14. The first kappa shape index (κ1) is 16.0. The van der Waals surface area contributed by atoms with E-state index >= 15 is 0 Å². The molecule has 0 saturated heterocycles. The van der Waals surface area contributed by atoms with Crippen LogP contribution in [0.1, 0.15) is 25.1 Å². The zero-order chi connectivity index (χ0) is 14.4. The van der Waals surface area contributed by atoms with Gasteiger partial charge in [-0.2, -0.15) is 0 Å². The van der Waals surface area contributed by atoms with E-state index in [0.717, 1.165) is 8.66 Å². The van der Waals surface area contributed by atoms with Gasteiger partial charge >= 0.3 is 12.0 Å². The van der Waals surface area contributed by atoms with Gasteiger partial charge in [0.15, 0.2) is 0 Å². The summed E-state index contributed by atoms with van der Waals surface area (Å²) in [5, 5.41) is 11.6. The molecule has 0 radical (unpaired) electrons. The predicted octanol–water partition coefficient (Wildman–Crippen LogP) is 2.91. The van der Waals surface area contributed by atoms with Crippen LogP contribution in [0.2, 0.25) is 0 Å². The molecule has 0 aliphatic heterocycles. The molecule has 0 aromatic carbocycles. The molecule has 1 rings (SSSR count). The second kappa shape index (κ2) is 7.49. The van der Waals surface area contributed by atoms with Gasteiger partial charge in [-0.3, -0.25) is 4.79 Å². The molecule has 0 fully saturated rings. The maximum atomic E-state index is 12.0. The number of carbonyl (C=O) groups excluding carboxylic acids is 1. The summed E-state index contributed by atoms with van der Waals surface area (Å²) < 4.78 is 1.00. The molecule has 2 N–H and O–H groups in total. The highest BCUT2D eigenvalue weighted by Crippen LogP contribution is 2.21. The number of carboxylic acids is 1. The Labute approximate surface area is 124 Å². The van der Waals surface area contributed by atoms with Crippen molar-refractivity contribution in [2.75, 3.05) is 6.54 Å². The van der Waals surface area contributed by atoms with Gasteiger partial charge < -0.3 is 15.3 Å². The average molecular weight is 349 g/mol. The maximum absolute atomic E-state index is 12.0. The van der Waals surface area contributed by atoms with Crippen molar-refractivity contribution in [3.8, 4) is 0 Å². The third-order valence-corrected chi connectivity index (χ3v) is 4.36. The van der Waals surface area contributed by atoms with E-state index in [-0.39, 0.29) is 18.6 Å². The first-order valence-corrected chi connectivity index (χ1v) is 7.55. The van der Waals surface area contributed by atoms with E-state index in [2.05, 4.69) is 21.2 Å². The number of aliphatic carboxylic acids is 1. The molecule has 19 heavy (non-hydrogen) atoms. The fourth-order valence-electron chi connectivity index (χ4n) is 1.50. The number of carbonyl (C=O) groups is 2. The number of amides is 2. The van der Waals surface area contributed by atoms with E-state index < -0.39 is 5.97 Å². The van der Waals surface area contributed by atoms with Gasteiger partial charge in [0, 0.05) is 10.9 Å². The molecule has 7 heteroatoms. The molecular formula is C12H17BrN2O3S. The Balaban J connectivity index is 2.58. The summed E-state index contributed by atoms with van der Waals surface area (Å²) in [6, 6.07) is 3.38. The van der Waals surface area contributed by atoms with Crippen LogP contribution in [-0.4, -0.2) is 34.6 Å². The summed E-state index contributed by atoms with van der Waals surface area (Å²) in [5.74, 6) is -1.01. The van der Waals surface area contributed by atoms with Crippen molar-refractivity contribution >= 4 is 39.3 Å². The first-order valence-electron chi connectivity index (χ1n) is 5.94. The predicted molar refractivity (Wildman–Crippen MR) is 78.3 cm³/mol. The van der Waals surface area contributed by atoms with Crippen molar-refractivity contribution in [1.82, 2.24) is 10.2 Å². The number of hydrogen-bond acceptors (Lipinski definition) is 3. The van der Waals surface area contributed by atoms with E-state index in [1.807, 2.05) is 26.0 Å². The molecule has 5 nitrogen and oxygen atoms in total. The second-order valence-corrected chi connectivity index (χ2v) is 6.69. The van der Waals surface area contributed by atoms with Crippen LogP contribution in [0.15, 0.2) is 15.9 Å². The van der Waals surface area contributed by atoms with Crippen LogP contribution < -0.4 is 5.32 Å². The largest absolute Gasteiger partial charge is 0.480 e. The Morgan fingerprint density at radius 1 is 1.53 bits per heavy atom. The van der Waals surface area contributed by atoms with Gasteiger partial charge in [-0.25, -0.2) is 4.79 Å². The maximum Gasteiger partial charge on any atom is 0.323 e. The zero-order valence-electron chi connectivity index (χ0n) is 10.9. The lowest BCUT2D eigenvalue weighted by molar-refractivity contribution is -0.138. The van der Waals surface area contributed by atoms with Crippen LogP contribution >= 0.6 is 27.3 Å². The van der Waals surface area contributed by atoms with Crippen LogP contribution in [-0.2, 0) is 11.3 Å². The Morgan fingerprint density at radius 2 is 2.21 bits per heavy atom. The van der Waals surface area contributed by atoms with Crippen molar-refractivity contribution in [2.45, 2.75) is 32.9 Å². The Kier molecular flexibility index (Phi) is 6.30. The SMILES string of the molecule is CCC(C)N(CC(=O)O)C(=O)NCc1ccc(Br)s1. The fourth-order valence-corrected chi connectivity index (χ4v) is 2.93. The molecule has 0 saturated carbocycles. The lowest BCUT2D eigenvalue weighted by atomic mass is 10.2. The summed E-state index contributed by atoms with van der Waals surface area (Å²) in [6.45, 7) is 3.88. The average Bonchev–Trinajstić information content (AvgIpc) is 2.77. The Hall–Kier alpha value is -1.08. The lowest BCUT2D eigenvalue weighted by Crippen LogP contribution is -2.47. The molecule has 106 valence electrons. The summed E-state index contributed by atoms with van der Waals surface area (Å²) in [7, 11) is 0. The standard InChI is InChI=1S/C12H17BrN2O3S/c1-3-8(2)15(7-11(16)17)12(18)14-6-9-4-5-10(13)19-9/h4-5,8H,3,6-7H2,1-2H3,(H,14,18)(H,16,17). The van der Waals surface area contributed by atoms with Crippen LogP contribution in [0, 0.1) is 0 Å². The number of thiophene rings is 1. The van der Waals surface area contributed by atoms with Crippen molar-refractivity contribution in [3.63, 3.8) is 0 Å². The number of hydrogen-bond donors (Lipinski definition) is 2. The molecule has 0 bridgehead atoms. The number of nitrogens with zero attached hydrogens (tertiary/aromatic N) is 1. The van der Waals surface area contributed by atoms with Gasteiger partial charge in [-0.15, -0.1) is 11.3 Å². The van der Waals surface area contributed by atoms with Crippen LogP contribution in [0.25, 0.3) is 0 Å². The smallest absolute Gasteiger partial charge is 0.323 e. The lowest BCUT2D eigenvalue weighted by Gasteiger charge is -2.26. The number of carboxylic acid groups (broad SMARTS) is 1. The van der Waals surface area contributed by atoms with Gasteiger partial charge in [0.25, 0.3) is 0 Å². The van der Waals surface area contributed by atoms with Crippen LogP contribution in [0.5, 0.6) is 0 Å². The minimum atomic E-state index is -1.01. The number of urea groups is 1. The van der Waals surface area contributed by atoms with Crippen LogP contribution in [0.4, 0.5) is 4.79 Å². The van der Waals surface area contributed by atoms with Gasteiger partial charge in [0.2, 0.25) is 0 Å². The van der Waals surface area contributed by atoms with Crippen molar-refractivity contribution < 1.29 is 14.7 Å². The van der Waals surface area contributed by atoms with Gasteiger partial charge in [0.1, 0.15) is 6.54 Å². The third-order valence-electron chi connectivity index (χ3n) is 2.73. The minimum absolute atomic E-state index is 0.105. The first-order chi connectivity index (χ1) is 8.93. The summed E-state index contributed by atoms with van der Waals surface area (Å²) in [6.07, 6.45) is 0.714. The third kappa shape index (κ3) is 5.20. The summed E-state index contributed by atoms with van der Waals surface area (Å²) in [4.78, 5) is 25.1. The molecule has 1 atom stereocenters. The molecule has 1 heterocycles. The molecule has 1 aromatic rings. The highest BCUT2D eigenvalue weighted by molar-refractivity contribution is 9.11.